The van der Waals surface area contributed by atoms with Crippen LogP contribution in [0.2, 0.25) is 5.02 Å². The summed E-state index contributed by atoms with van der Waals surface area (Å²) in [5.41, 5.74) is 1.18. The molecule has 0 saturated carbocycles. The fourth-order valence-electron chi connectivity index (χ4n) is 1.47. The van der Waals surface area contributed by atoms with Crippen LogP contribution in [-0.2, 0) is 0 Å². The summed E-state index contributed by atoms with van der Waals surface area (Å²) < 4.78 is 0.887. The van der Waals surface area contributed by atoms with Gasteiger partial charge < -0.3 is 5.32 Å². The molecule has 0 aliphatic carbocycles. The lowest BCUT2D eigenvalue weighted by atomic mass is 10.2. The molecule has 0 atom stereocenters. The van der Waals surface area contributed by atoms with Gasteiger partial charge in [-0.1, -0.05) is 11.6 Å². The van der Waals surface area contributed by atoms with E-state index in [0.29, 0.717) is 10.6 Å². The van der Waals surface area contributed by atoms with Crippen molar-refractivity contribution in [3.8, 4) is 0 Å². The van der Waals surface area contributed by atoms with Gasteiger partial charge in [0.25, 0.3) is 11.6 Å². The number of non-ortho nitro benzene ring substituents is 1. The maximum Gasteiger partial charge on any atom is 0.271 e. The SMILES string of the molecule is Cc1cc(C(=O)Nc2ccc([N+](=O)[O-])cc2Cl)sc1Br. The summed E-state index contributed by atoms with van der Waals surface area (Å²) in [7, 11) is 0. The Hall–Kier alpha value is -1.44. The molecule has 0 radical (unpaired) electrons. The average Bonchev–Trinajstić information content (AvgIpc) is 2.72. The fourth-order valence-corrected chi connectivity index (χ4v) is 3.13. The lowest BCUT2D eigenvalue weighted by Crippen LogP contribution is -2.10. The van der Waals surface area contributed by atoms with Crippen molar-refractivity contribution in [2.24, 2.45) is 0 Å². The Morgan fingerprint density at radius 3 is 2.65 bits per heavy atom. The molecule has 1 heterocycles. The van der Waals surface area contributed by atoms with Crippen LogP contribution in [0.4, 0.5) is 11.4 Å². The highest BCUT2D eigenvalue weighted by molar-refractivity contribution is 9.11. The Bertz CT molecular complexity index is 683. The minimum Gasteiger partial charge on any atom is -0.320 e. The summed E-state index contributed by atoms with van der Waals surface area (Å²) in [6, 6.07) is 5.65. The number of nitrogens with zero attached hydrogens (tertiary/aromatic N) is 1. The molecule has 0 aliphatic rings. The van der Waals surface area contributed by atoms with Gasteiger partial charge in [0.2, 0.25) is 0 Å². The van der Waals surface area contributed by atoms with Gasteiger partial charge in [-0.2, -0.15) is 0 Å². The van der Waals surface area contributed by atoms with Gasteiger partial charge in [-0.25, -0.2) is 0 Å². The Balaban J connectivity index is 2.21. The number of carbonyl (C=O) groups excluding carboxylic acids is 1. The van der Waals surface area contributed by atoms with Gasteiger partial charge in [-0.05, 0) is 40.5 Å². The number of nitro benzene ring substituents is 1. The average molecular weight is 376 g/mol. The van der Waals surface area contributed by atoms with Gasteiger partial charge in [0.1, 0.15) is 0 Å². The van der Waals surface area contributed by atoms with Crippen molar-refractivity contribution >= 4 is 56.1 Å². The molecule has 1 N–H and O–H groups in total. The van der Waals surface area contributed by atoms with Crippen molar-refractivity contribution in [3.05, 3.63) is 53.6 Å². The number of aryl methyl sites for hydroxylation is 1. The van der Waals surface area contributed by atoms with Gasteiger partial charge >= 0.3 is 0 Å². The molecule has 2 aromatic rings. The Labute approximate surface area is 131 Å². The number of hydrogen-bond acceptors (Lipinski definition) is 4. The van der Waals surface area contributed by atoms with E-state index in [9.17, 15) is 14.9 Å². The normalized spacial score (nSPS) is 10.3. The predicted octanol–water partition coefficient (Wildman–Crippen LogP) is 4.63. The molecule has 0 unspecified atom stereocenters. The first kappa shape index (κ1) is 15.0. The number of nitrogens with one attached hydrogen (secondary N) is 1. The standard InChI is InChI=1S/C12H8BrClN2O3S/c1-6-4-10(20-11(6)13)12(17)15-9-3-2-7(16(18)19)5-8(9)14/h2-5H,1H3,(H,15,17). The third kappa shape index (κ3) is 3.17. The van der Waals surface area contributed by atoms with Gasteiger partial charge in [-0.15, -0.1) is 11.3 Å². The van der Waals surface area contributed by atoms with E-state index >= 15 is 0 Å². The molecule has 0 spiro atoms. The van der Waals surface area contributed by atoms with Crippen LogP contribution in [0, 0.1) is 17.0 Å². The first-order valence-corrected chi connectivity index (χ1v) is 7.38. The van der Waals surface area contributed by atoms with Crippen LogP contribution in [0.25, 0.3) is 0 Å². The molecule has 1 amide bonds. The van der Waals surface area contributed by atoms with Crippen molar-refractivity contribution in [2.45, 2.75) is 6.92 Å². The van der Waals surface area contributed by atoms with Crippen LogP contribution in [0.5, 0.6) is 0 Å². The van der Waals surface area contributed by atoms with Crippen LogP contribution in [0.3, 0.4) is 0 Å². The molecule has 5 nitrogen and oxygen atoms in total. The number of rotatable bonds is 3. The maximum absolute atomic E-state index is 12.0. The van der Waals surface area contributed by atoms with E-state index in [1.807, 2.05) is 6.92 Å². The number of anilines is 1. The van der Waals surface area contributed by atoms with E-state index in [-0.39, 0.29) is 16.6 Å². The monoisotopic (exact) mass is 374 g/mol. The summed E-state index contributed by atoms with van der Waals surface area (Å²) >= 11 is 10.6. The molecule has 0 aliphatic heterocycles. The van der Waals surface area contributed by atoms with E-state index in [1.165, 1.54) is 29.5 Å². The van der Waals surface area contributed by atoms with Crippen molar-refractivity contribution in [2.75, 3.05) is 5.32 Å². The van der Waals surface area contributed by atoms with Crippen LogP contribution in [0.15, 0.2) is 28.1 Å². The first-order chi connectivity index (χ1) is 9.38. The van der Waals surface area contributed by atoms with E-state index < -0.39 is 4.92 Å². The summed E-state index contributed by atoms with van der Waals surface area (Å²) in [6.07, 6.45) is 0. The van der Waals surface area contributed by atoms with Gasteiger partial charge in [0, 0.05) is 12.1 Å². The van der Waals surface area contributed by atoms with Gasteiger partial charge in [0.05, 0.1) is 24.3 Å². The zero-order valence-corrected chi connectivity index (χ0v) is 13.3. The van der Waals surface area contributed by atoms with E-state index in [1.54, 1.807) is 6.07 Å². The molecule has 0 saturated heterocycles. The van der Waals surface area contributed by atoms with E-state index in [4.69, 9.17) is 11.6 Å². The molecular weight excluding hydrogens is 368 g/mol. The minimum atomic E-state index is -0.544. The summed E-state index contributed by atoms with van der Waals surface area (Å²) in [5.74, 6) is -0.306. The number of halogens is 2. The predicted molar refractivity (Wildman–Crippen MR) is 82.8 cm³/mol. The van der Waals surface area contributed by atoms with Crippen molar-refractivity contribution in [1.82, 2.24) is 0 Å². The second kappa shape index (κ2) is 5.90. The summed E-state index contributed by atoms with van der Waals surface area (Å²) in [6.45, 7) is 1.89. The topological polar surface area (TPSA) is 72.2 Å². The lowest BCUT2D eigenvalue weighted by Gasteiger charge is -2.05. The number of benzene rings is 1. The largest absolute Gasteiger partial charge is 0.320 e. The lowest BCUT2D eigenvalue weighted by molar-refractivity contribution is -0.384. The van der Waals surface area contributed by atoms with Crippen molar-refractivity contribution < 1.29 is 9.72 Å². The Morgan fingerprint density at radius 1 is 1.45 bits per heavy atom. The van der Waals surface area contributed by atoms with Gasteiger partial charge in [0.15, 0.2) is 0 Å². The van der Waals surface area contributed by atoms with Crippen LogP contribution in [-0.4, -0.2) is 10.8 Å². The molecule has 2 rings (SSSR count). The molecular formula is C12H8BrClN2O3S. The third-order valence-electron chi connectivity index (χ3n) is 2.49. The Morgan fingerprint density at radius 2 is 2.15 bits per heavy atom. The molecule has 0 bridgehead atoms. The molecule has 1 aromatic heterocycles. The number of nitro groups is 1. The number of thiophene rings is 1. The second-order valence-electron chi connectivity index (χ2n) is 3.94. The summed E-state index contributed by atoms with van der Waals surface area (Å²) in [4.78, 5) is 22.6. The van der Waals surface area contributed by atoms with Gasteiger partial charge in [-0.3, -0.25) is 14.9 Å². The highest BCUT2D eigenvalue weighted by atomic mass is 79.9. The zero-order chi connectivity index (χ0) is 14.9. The van der Waals surface area contributed by atoms with Crippen LogP contribution >= 0.6 is 38.9 Å². The first-order valence-electron chi connectivity index (χ1n) is 5.39. The van der Waals surface area contributed by atoms with E-state index in [2.05, 4.69) is 21.2 Å². The van der Waals surface area contributed by atoms with Crippen molar-refractivity contribution in [1.29, 1.82) is 0 Å². The minimum absolute atomic E-state index is 0.122. The van der Waals surface area contributed by atoms with Crippen molar-refractivity contribution in [3.63, 3.8) is 0 Å². The third-order valence-corrected chi connectivity index (χ3v) is 4.94. The zero-order valence-electron chi connectivity index (χ0n) is 10.1. The highest BCUT2D eigenvalue weighted by Gasteiger charge is 2.15. The quantitative estimate of drug-likeness (QED) is 0.628. The number of hydrogen-bond donors (Lipinski definition) is 1. The van der Waals surface area contributed by atoms with E-state index in [0.717, 1.165) is 9.35 Å². The number of carbonyl (C=O) groups is 1. The molecule has 20 heavy (non-hydrogen) atoms. The molecule has 8 heteroatoms. The smallest absolute Gasteiger partial charge is 0.271 e. The van der Waals surface area contributed by atoms with Crippen LogP contribution in [0.1, 0.15) is 15.2 Å². The second-order valence-corrected chi connectivity index (χ2v) is 6.72. The maximum atomic E-state index is 12.0. The highest BCUT2D eigenvalue weighted by Crippen LogP contribution is 2.30. The number of amides is 1. The fraction of sp³-hybridized carbons (Fsp3) is 0.0833. The summed E-state index contributed by atoms with van der Waals surface area (Å²) in [5, 5.41) is 13.4. The Kier molecular flexibility index (Phi) is 4.42. The van der Waals surface area contributed by atoms with Crippen LogP contribution < -0.4 is 5.32 Å². The molecule has 1 aromatic carbocycles. The molecule has 0 fully saturated rings. The molecule has 104 valence electrons.